The molecule has 0 spiro atoms. The van der Waals surface area contributed by atoms with E-state index >= 15 is 0 Å². The molecule has 0 aliphatic heterocycles. The largest absolute Gasteiger partial charge is 0.481 e. The Morgan fingerprint density at radius 1 is 1.00 bits per heavy atom. The van der Waals surface area contributed by atoms with Gasteiger partial charge in [0.1, 0.15) is 6.10 Å². The van der Waals surface area contributed by atoms with Gasteiger partial charge in [0.25, 0.3) is 0 Å². The normalized spacial score (nSPS) is 16.6. The van der Waals surface area contributed by atoms with Crippen LogP contribution in [0.2, 0.25) is 0 Å². The summed E-state index contributed by atoms with van der Waals surface area (Å²) in [5.74, 6) is -1.87. The van der Waals surface area contributed by atoms with Crippen LogP contribution in [-0.2, 0) is 16.1 Å². The highest BCUT2D eigenvalue weighted by atomic mass is 16.6. The second-order valence-corrected chi connectivity index (χ2v) is 9.81. The monoisotopic (exact) mass is 488 g/mol. The highest BCUT2D eigenvalue weighted by Gasteiger charge is 2.44. The zero-order chi connectivity index (χ0) is 25.3. The molecule has 2 N–H and O–H groups in total. The van der Waals surface area contributed by atoms with Crippen LogP contribution in [0.4, 0.5) is 4.79 Å². The second kappa shape index (κ2) is 9.60. The molecule has 0 unspecified atom stereocenters. The van der Waals surface area contributed by atoms with Crippen LogP contribution in [0.5, 0.6) is 0 Å². The molecule has 36 heavy (non-hydrogen) atoms. The zero-order valence-electron chi connectivity index (χ0n) is 19.9. The first kappa shape index (κ1) is 23.8. The number of hydrogen-bond acceptors (Lipinski definition) is 5. The molecule has 2 aliphatic rings. The summed E-state index contributed by atoms with van der Waals surface area (Å²) < 4.78 is 5.55. The molecule has 2 aliphatic carbocycles. The second-order valence-electron chi connectivity index (χ2n) is 9.81. The number of aromatic nitrogens is 1. The van der Waals surface area contributed by atoms with E-state index in [1.54, 1.807) is 30.3 Å². The number of hydrogen-bond donors (Lipinski definition) is 2. The maximum atomic E-state index is 13.0. The number of aliphatic carboxylic acids is 1. The summed E-state index contributed by atoms with van der Waals surface area (Å²) in [6, 6.07) is 16.0. The van der Waals surface area contributed by atoms with E-state index < -0.39 is 23.4 Å². The number of fused-ring (bicyclic) bond motifs is 1. The van der Waals surface area contributed by atoms with Crippen LogP contribution in [0.1, 0.15) is 54.4 Å². The van der Waals surface area contributed by atoms with Crippen molar-refractivity contribution in [3.63, 3.8) is 0 Å². The number of pyridine rings is 1. The Morgan fingerprint density at radius 2 is 1.75 bits per heavy atom. The number of ether oxygens (including phenoxy) is 1. The number of carbonyl (C=O) groups is 3. The summed E-state index contributed by atoms with van der Waals surface area (Å²) in [5, 5.41) is 20.3. The number of nitrogens with zero attached hydrogens (tertiary/aromatic N) is 2. The number of benzene rings is 2. The van der Waals surface area contributed by atoms with Crippen molar-refractivity contribution in [2.75, 3.05) is 6.54 Å². The lowest BCUT2D eigenvalue weighted by atomic mass is 9.85. The van der Waals surface area contributed by atoms with Gasteiger partial charge in [0.05, 0.1) is 22.2 Å². The summed E-state index contributed by atoms with van der Waals surface area (Å²) in [7, 11) is 0. The third-order valence-corrected chi connectivity index (χ3v) is 7.12. The minimum atomic E-state index is -1.01. The van der Waals surface area contributed by atoms with E-state index in [4.69, 9.17) is 4.74 Å². The van der Waals surface area contributed by atoms with Crippen molar-refractivity contribution in [1.82, 2.24) is 9.88 Å². The molecule has 1 heterocycles. The van der Waals surface area contributed by atoms with Gasteiger partial charge in [0.15, 0.2) is 0 Å². The molecule has 2 fully saturated rings. The minimum absolute atomic E-state index is 0.0720. The lowest BCUT2D eigenvalue weighted by Crippen LogP contribution is -2.44. The first-order chi connectivity index (χ1) is 17.3. The summed E-state index contributed by atoms with van der Waals surface area (Å²) in [6.45, 7) is 0.356. The van der Waals surface area contributed by atoms with Crippen molar-refractivity contribution in [2.24, 2.45) is 5.41 Å². The number of carbonyl (C=O) groups excluding carboxylic acids is 1. The topological polar surface area (TPSA) is 117 Å². The highest BCUT2D eigenvalue weighted by Crippen LogP contribution is 2.40. The molecule has 3 aromatic rings. The van der Waals surface area contributed by atoms with E-state index in [0.29, 0.717) is 29.6 Å². The Labute approximate surface area is 208 Å². The van der Waals surface area contributed by atoms with Crippen LogP contribution >= 0.6 is 0 Å². The SMILES string of the molecule is O=C(O)c1ccccc1-c1ccc2cc(CN(CC3(C(=O)O)CCCC3)C(=O)OC3CC3)ccc2n1. The molecule has 0 saturated heterocycles. The molecule has 0 bridgehead atoms. The first-order valence-electron chi connectivity index (χ1n) is 12.3. The summed E-state index contributed by atoms with van der Waals surface area (Å²) in [4.78, 5) is 42.9. The third-order valence-electron chi connectivity index (χ3n) is 7.12. The lowest BCUT2D eigenvalue weighted by molar-refractivity contribution is -0.149. The minimum Gasteiger partial charge on any atom is -0.481 e. The van der Waals surface area contributed by atoms with E-state index in [9.17, 15) is 24.6 Å². The van der Waals surface area contributed by atoms with Gasteiger partial charge < -0.3 is 19.8 Å². The lowest BCUT2D eigenvalue weighted by Gasteiger charge is -2.31. The molecular weight excluding hydrogens is 460 g/mol. The van der Waals surface area contributed by atoms with Crippen molar-refractivity contribution in [3.8, 4) is 11.3 Å². The maximum Gasteiger partial charge on any atom is 0.410 e. The van der Waals surface area contributed by atoms with E-state index in [0.717, 1.165) is 36.6 Å². The Bertz CT molecular complexity index is 1330. The molecule has 2 saturated carbocycles. The van der Waals surface area contributed by atoms with Crippen molar-refractivity contribution < 1.29 is 29.3 Å². The van der Waals surface area contributed by atoms with Crippen molar-refractivity contribution in [2.45, 2.75) is 51.2 Å². The Morgan fingerprint density at radius 3 is 2.44 bits per heavy atom. The van der Waals surface area contributed by atoms with Gasteiger partial charge in [-0.2, -0.15) is 0 Å². The summed E-state index contributed by atoms with van der Waals surface area (Å²) in [6.07, 6.45) is 3.94. The molecular formula is C28H28N2O6. The van der Waals surface area contributed by atoms with Crippen LogP contribution < -0.4 is 0 Å². The van der Waals surface area contributed by atoms with E-state index in [-0.39, 0.29) is 24.8 Å². The van der Waals surface area contributed by atoms with Crippen LogP contribution in [0.3, 0.4) is 0 Å². The Kier molecular flexibility index (Phi) is 6.35. The number of aromatic carboxylic acids is 1. The van der Waals surface area contributed by atoms with Crippen molar-refractivity contribution in [3.05, 3.63) is 65.7 Å². The molecule has 186 valence electrons. The van der Waals surface area contributed by atoms with Crippen LogP contribution in [0.15, 0.2) is 54.6 Å². The fourth-order valence-electron chi connectivity index (χ4n) is 4.98. The summed E-state index contributed by atoms with van der Waals surface area (Å²) >= 11 is 0. The standard InChI is InChI=1S/C28H28N2O6/c31-25(32)22-6-2-1-5-21(22)24-12-8-19-15-18(7-11-23(19)29-24)16-30(27(35)36-20-9-10-20)17-28(26(33)34)13-3-4-14-28/h1-2,5-8,11-12,15,20H,3-4,9-10,13-14,16-17H2,(H,31,32)(H,33,34). The average Bonchev–Trinajstić information content (AvgIpc) is 3.56. The Hall–Kier alpha value is -3.94. The van der Waals surface area contributed by atoms with E-state index in [1.807, 2.05) is 24.3 Å². The van der Waals surface area contributed by atoms with Crippen LogP contribution in [0.25, 0.3) is 22.2 Å². The molecule has 1 aromatic heterocycles. The van der Waals surface area contributed by atoms with Gasteiger partial charge in [-0.1, -0.05) is 43.2 Å². The first-order valence-corrected chi connectivity index (χ1v) is 12.3. The van der Waals surface area contributed by atoms with E-state index in [2.05, 4.69) is 4.98 Å². The van der Waals surface area contributed by atoms with Crippen LogP contribution in [-0.4, -0.2) is 50.8 Å². The number of carboxylic acids is 2. The average molecular weight is 489 g/mol. The Balaban J connectivity index is 1.41. The van der Waals surface area contributed by atoms with Gasteiger partial charge in [-0.3, -0.25) is 4.79 Å². The predicted molar refractivity (Wildman–Crippen MR) is 133 cm³/mol. The smallest absolute Gasteiger partial charge is 0.410 e. The number of carboxylic acid groups (broad SMARTS) is 2. The van der Waals surface area contributed by atoms with E-state index in [1.165, 1.54) is 4.90 Å². The van der Waals surface area contributed by atoms with Gasteiger partial charge in [-0.25, -0.2) is 14.6 Å². The molecule has 2 aromatic carbocycles. The molecule has 0 atom stereocenters. The summed E-state index contributed by atoms with van der Waals surface area (Å²) in [5.41, 5.74) is 1.89. The maximum absolute atomic E-state index is 13.0. The molecule has 1 amide bonds. The fourth-order valence-corrected chi connectivity index (χ4v) is 4.98. The molecule has 8 heteroatoms. The van der Waals surface area contributed by atoms with Gasteiger partial charge >= 0.3 is 18.0 Å². The quantitative estimate of drug-likeness (QED) is 0.439. The van der Waals surface area contributed by atoms with Gasteiger partial charge in [-0.15, -0.1) is 0 Å². The number of amides is 1. The molecule has 0 radical (unpaired) electrons. The van der Waals surface area contributed by atoms with Gasteiger partial charge in [0, 0.05) is 24.0 Å². The predicted octanol–water partition coefficient (Wildman–Crippen LogP) is 5.35. The van der Waals surface area contributed by atoms with Crippen molar-refractivity contribution >= 4 is 28.9 Å². The zero-order valence-corrected chi connectivity index (χ0v) is 19.9. The third kappa shape index (κ3) is 4.89. The van der Waals surface area contributed by atoms with Gasteiger partial charge in [-0.05, 0) is 55.5 Å². The van der Waals surface area contributed by atoms with Crippen LogP contribution in [0, 0.1) is 5.41 Å². The molecule has 8 nitrogen and oxygen atoms in total. The molecule has 5 rings (SSSR count). The number of rotatable bonds is 8. The fraction of sp³-hybridized carbons (Fsp3) is 0.357. The highest BCUT2D eigenvalue weighted by molar-refractivity contribution is 5.96. The van der Waals surface area contributed by atoms with Gasteiger partial charge in [0.2, 0.25) is 0 Å². The van der Waals surface area contributed by atoms with Crippen molar-refractivity contribution in [1.29, 1.82) is 0 Å².